The molecule has 0 amide bonds. The lowest BCUT2D eigenvalue weighted by atomic mass is 9.99. The van der Waals surface area contributed by atoms with E-state index in [4.69, 9.17) is 10.5 Å². The third-order valence-electron chi connectivity index (χ3n) is 6.63. The second-order valence-corrected chi connectivity index (χ2v) is 10.6. The highest BCUT2D eigenvalue weighted by atomic mass is 16.5. The topological polar surface area (TPSA) is 41.7 Å². The molecule has 4 heteroatoms. The van der Waals surface area contributed by atoms with Crippen molar-refractivity contribution < 1.29 is 4.74 Å². The minimum Gasteiger partial charge on any atom is -0.489 e. The van der Waals surface area contributed by atoms with E-state index < -0.39 is 0 Å². The fraction of sp³-hybridized carbons (Fsp3) is 0.586. The standard InChI is InChI=1S/C29H45N3O/c1-23(2)14-19-32(28-15-17-31(18-16-28)21-26(30)20-24(3)4)27-10-12-29(13-11-27)33-22-25-8-6-5-7-9-25/h5-13,23-24,26,28H,14-22,30H2,1-4H3. The molecule has 0 aromatic heterocycles. The van der Waals surface area contributed by atoms with E-state index in [1.54, 1.807) is 0 Å². The Hall–Kier alpha value is -2.04. The number of piperidine rings is 1. The minimum absolute atomic E-state index is 0.294. The minimum atomic E-state index is 0.294. The van der Waals surface area contributed by atoms with Crippen molar-refractivity contribution in [2.24, 2.45) is 17.6 Å². The summed E-state index contributed by atoms with van der Waals surface area (Å²) in [7, 11) is 0. The van der Waals surface area contributed by atoms with Gasteiger partial charge in [-0.3, -0.25) is 0 Å². The van der Waals surface area contributed by atoms with Gasteiger partial charge in [-0.05, 0) is 67.3 Å². The number of nitrogens with zero attached hydrogens (tertiary/aromatic N) is 2. The van der Waals surface area contributed by atoms with Crippen LogP contribution in [0.2, 0.25) is 0 Å². The zero-order valence-electron chi connectivity index (χ0n) is 21.2. The van der Waals surface area contributed by atoms with Crippen LogP contribution in [0.15, 0.2) is 54.6 Å². The van der Waals surface area contributed by atoms with Gasteiger partial charge in [0.1, 0.15) is 12.4 Å². The Morgan fingerprint density at radius 2 is 1.61 bits per heavy atom. The number of nitrogens with two attached hydrogens (primary N) is 1. The first-order valence-corrected chi connectivity index (χ1v) is 12.9. The van der Waals surface area contributed by atoms with Gasteiger partial charge < -0.3 is 20.3 Å². The van der Waals surface area contributed by atoms with Crippen molar-refractivity contribution in [3.05, 3.63) is 60.2 Å². The summed E-state index contributed by atoms with van der Waals surface area (Å²) in [5, 5.41) is 0. The van der Waals surface area contributed by atoms with E-state index in [0.29, 0.717) is 30.5 Å². The van der Waals surface area contributed by atoms with Gasteiger partial charge in [0, 0.05) is 44.0 Å². The maximum atomic E-state index is 6.38. The first-order chi connectivity index (χ1) is 15.9. The molecule has 0 saturated carbocycles. The molecule has 2 aromatic carbocycles. The Morgan fingerprint density at radius 3 is 2.21 bits per heavy atom. The zero-order chi connectivity index (χ0) is 23.6. The van der Waals surface area contributed by atoms with Crippen LogP contribution in [0, 0.1) is 11.8 Å². The highest BCUT2D eigenvalue weighted by Gasteiger charge is 2.26. The third-order valence-corrected chi connectivity index (χ3v) is 6.63. The summed E-state index contributed by atoms with van der Waals surface area (Å²) in [6.45, 7) is 14.2. The number of anilines is 1. The maximum absolute atomic E-state index is 6.38. The SMILES string of the molecule is CC(C)CCN(c1ccc(OCc2ccccc2)cc1)C1CCN(CC(N)CC(C)C)CC1. The lowest BCUT2D eigenvalue weighted by Gasteiger charge is -2.41. The Bertz CT molecular complexity index is 782. The van der Waals surface area contributed by atoms with Crippen LogP contribution in [0.25, 0.3) is 0 Å². The monoisotopic (exact) mass is 451 g/mol. The van der Waals surface area contributed by atoms with Crippen LogP contribution in [0.5, 0.6) is 5.75 Å². The molecular weight excluding hydrogens is 406 g/mol. The molecule has 2 aromatic rings. The number of rotatable bonds is 12. The van der Waals surface area contributed by atoms with E-state index in [1.807, 2.05) is 6.07 Å². The highest BCUT2D eigenvalue weighted by Crippen LogP contribution is 2.27. The summed E-state index contributed by atoms with van der Waals surface area (Å²) in [5.41, 5.74) is 8.90. The smallest absolute Gasteiger partial charge is 0.119 e. The van der Waals surface area contributed by atoms with Crippen molar-refractivity contribution in [1.82, 2.24) is 4.90 Å². The van der Waals surface area contributed by atoms with Gasteiger partial charge in [0.05, 0.1) is 0 Å². The van der Waals surface area contributed by atoms with Gasteiger partial charge in [0.25, 0.3) is 0 Å². The number of hydrogen-bond donors (Lipinski definition) is 1. The van der Waals surface area contributed by atoms with Crippen LogP contribution in [-0.4, -0.2) is 43.2 Å². The van der Waals surface area contributed by atoms with E-state index in [1.165, 1.54) is 30.5 Å². The molecule has 1 aliphatic rings. The van der Waals surface area contributed by atoms with Gasteiger partial charge in [0.2, 0.25) is 0 Å². The summed E-state index contributed by atoms with van der Waals surface area (Å²) in [6.07, 6.45) is 4.74. The van der Waals surface area contributed by atoms with Crippen LogP contribution in [0.1, 0.15) is 58.9 Å². The van der Waals surface area contributed by atoms with Crippen molar-refractivity contribution >= 4 is 5.69 Å². The molecule has 1 saturated heterocycles. The van der Waals surface area contributed by atoms with Gasteiger partial charge in [-0.15, -0.1) is 0 Å². The largest absolute Gasteiger partial charge is 0.489 e. The predicted molar refractivity (Wildman–Crippen MR) is 141 cm³/mol. The summed E-state index contributed by atoms with van der Waals surface area (Å²) in [4.78, 5) is 5.22. The van der Waals surface area contributed by atoms with Crippen molar-refractivity contribution in [2.75, 3.05) is 31.1 Å². The number of benzene rings is 2. The fourth-order valence-electron chi connectivity index (χ4n) is 4.82. The summed E-state index contributed by atoms with van der Waals surface area (Å²) in [5.74, 6) is 2.30. The normalized spacial score (nSPS) is 16.3. The number of hydrogen-bond acceptors (Lipinski definition) is 4. The van der Waals surface area contributed by atoms with Crippen molar-refractivity contribution in [3.63, 3.8) is 0 Å². The van der Waals surface area contributed by atoms with Crippen molar-refractivity contribution in [3.8, 4) is 5.75 Å². The van der Waals surface area contributed by atoms with Crippen LogP contribution in [-0.2, 0) is 6.61 Å². The molecule has 1 unspecified atom stereocenters. The molecule has 0 radical (unpaired) electrons. The summed E-state index contributed by atoms with van der Waals surface area (Å²) >= 11 is 0. The second kappa shape index (κ2) is 13.0. The number of ether oxygens (including phenoxy) is 1. The molecule has 1 heterocycles. The first kappa shape index (κ1) is 25.6. The Kier molecular flexibility index (Phi) is 10.1. The Labute approximate surface area is 202 Å². The first-order valence-electron chi connectivity index (χ1n) is 12.9. The summed E-state index contributed by atoms with van der Waals surface area (Å²) < 4.78 is 6.01. The molecule has 0 bridgehead atoms. The van der Waals surface area contributed by atoms with E-state index in [0.717, 1.165) is 38.3 Å². The van der Waals surface area contributed by atoms with E-state index in [9.17, 15) is 0 Å². The Morgan fingerprint density at radius 1 is 0.939 bits per heavy atom. The third kappa shape index (κ3) is 8.68. The molecule has 4 nitrogen and oxygen atoms in total. The molecule has 2 N–H and O–H groups in total. The average Bonchev–Trinajstić information content (AvgIpc) is 2.79. The molecule has 0 spiro atoms. The van der Waals surface area contributed by atoms with Crippen LogP contribution in [0.3, 0.4) is 0 Å². The van der Waals surface area contributed by atoms with Gasteiger partial charge in [-0.2, -0.15) is 0 Å². The number of likely N-dealkylation sites (tertiary alicyclic amines) is 1. The van der Waals surface area contributed by atoms with Crippen molar-refractivity contribution in [1.29, 1.82) is 0 Å². The molecule has 1 aliphatic heterocycles. The highest BCUT2D eigenvalue weighted by molar-refractivity contribution is 5.50. The zero-order valence-corrected chi connectivity index (χ0v) is 21.2. The van der Waals surface area contributed by atoms with Gasteiger partial charge in [0.15, 0.2) is 0 Å². The molecule has 3 rings (SSSR count). The second-order valence-electron chi connectivity index (χ2n) is 10.6. The molecule has 0 aliphatic carbocycles. The molecule has 33 heavy (non-hydrogen) atoms. The van der Waals surface area contributed by atoms with E-state index in [-0.39, 0.29) is 0 Å². The van der Waals surface area contributed by atoms with Gasteiger partial charge in [-0.1, -0.05) is 58.0 Å². The van der Waals surface area contributed by atoms with Gasteiger partial charge >= 0.3 is 0 Å². The van der Waals surface area contributed by atoms with Crippen molar-refractivity contribution in [2.45, 2.75) is 72.1 Å². The molecule has 1 fully saturated rings. The van der Waals surface area contributed by atoms with E-state index in [2.05, 4.69) is 86.0 Å². The van der Waals surface area contributed by atoms with Gasteiger partial charge in [-0.25, -0.2) is 0 Å². The Balaban J connectivity index is 1.58. The molecule has 182 valence electrons. The van der Waals surface area contributed by atoms with E-state index >= 15 is 0 Å². The quantitative estimate of drug-likeness (QED) is 0.432. The predicted octanol–water partition coefficient (Wildman–Crippen LogP) is 5.96. The van der Waals surface area contributed by atoms with Crippen LogP contribution < -0.4 is 15.4 Å². The lowest BCUT2D eigenvalue weighted by Crippen LogP contribution is -2.48. The fourth-order valence-corrected chi connectivity index (χ4v) is 4.82. The maximum Gasteiger partial charge on any atom is 0.119 e. The lowest BCUT2D eigenvalue weighted by molar-refractivity contribution is 0.191. The molecular formula is C29H45N3O. The summed E-state index contributed by atoms with van der Waals surface area (Å²) in [6, 6.07) is 20.0. The van der Waals surface area contributed by atoms with Crippen LogP contribution >= 0.6 is 0 Å². The molecule has 1 atom stereocenters. The average molecular weight is 452 g/mol. The van der Waals surface area contributed by atoms with Crippen LogP contribution in [0.4, 0.5) is 5.69 Å².